The van der Waals surface area contributed by atoms with Crippen molar-refractivity contribution in [1.29, 1.82) is 0 Å². The van der Waals surface area contributed by atoms with Crippen molar-refractivity contribution in [3.05, 3.63) is 29.3 Å². The molecule has 0 spiro atoms. The van der Waals surface area contributed by atoms with E-state index in [9.17, 15) is 14.4 Å². The Labute approximate surface area is 180 Å². The average Bonchev–Trinajstić information content (AvgIpc) is 2.60. The highest BCUT2D eigenvalue weighted by Gasteiger charge is 2.52. The van der Waals surface area contributed by atoms with Crippen LogP contribution in [0.2, 0.25) is 5.02 Å². The molecule has 10 heteroatoms. The van der Waals surface area contributed by atoms with Crippen molar-refractivity contribution in [2.24, 2.45) is 0 Å². The Balaban J connectivity index is 2.38. The molecule has 0 bridgehead atoms. The van der Waals surface area contributed by atoms with E-state index in [0.717, 1.165) is 0 Å². The number of alkyl halides is 1. The molecule has 1 aliphatic heterocycles. The Morgan fingerprint density at radius 3 is 1.93 bits per heavy atom. The van der Waals surface area contributed by atoms with Crippen molar-refractivity contribution in [2.45, 2.75) is 51.5 Å². The maximum atomic E-state index is 11.7. The Hall–Kier alpha value is -1.59. The van der Waals surface area contributed by atoms with Crippen LogP contribution in [-0.2, 0) is 33.3 Å². The van der Waals surface area contributed by atoms with Gasteiger partial charge in [0.1, 0.15) is 11.9 Å². The van der Waals surface area contributed by atoms with Crippen LogP contribution in [0.15, 0.2) is 24.3 Å². The van der Waals surface area contributed by atoms with E-state index in [-0.39, 0.29) is 0 Å². The zero-order valence-electron chi connectivity index (χ0n) is 15.4. The quantitative estimate of drug-likeness (QED) is 0.242. The van der Waals surface area contributed by atoms with Crippen LogP contribution in [0.5, 0.6) is 5.75 Å². The number of esters is 3. The molecule has 0 amide bonds. The van der Waals surface area contributed by atoms with Crippen molar-refractivity contribution in [1.82, 2.24) is 0 Å². The Morgan fingerprint density at radius 1 is 0.929 bits per heavy atom. The molecule has 1 fully saturated rings. The maximum absolute atomic E-state index is 11.7. The summed E-state index contributed by atoms with van der Waals surface area (Å²) in [7, 11) is 0. The molecule has 1 heterocycles. The third-order valence-corrected chi connectivity index (χ3v) is 4.84. The van der Waals surface area contributed by atoms with Crippen molar-refractivity contribution in [3.8, 4) is 5.75 Å². The van der Waals surface area contributed by atoms with Gasteiger partial charge >= 0.3 is 17.9 Å². The highest BCUT2D eigenvalue weighted by Crippen LogP contribution is 2.31. The molecule has 1 aromatic rings. The Bertz CT molecular complexity index is 710. The van der Waals surface area contributed by atoms with E-state index < -0.39 is 48.6 Å². The minimum atomic E-state index is -1.15. The fourth-order valence-corrected chi connectivity index (χ4v) is 3.56. The van der Waals surface area contributed by atoms with Gasteiger partial charge in [-0.15, -0.1) is 0 Å². The highest BCUT2D eigenvalue weighted by molar-refractivity contribution is 14.1. The summed E-state index contributed by atoms with van der Waals surface area (Å²) in [6.45, 7) is 3.64. The van der Waals surface area contributed by atoms with E-state index in [2.05, 4.69) is 22.6 Å². The topological polar surface area (TPSA) is 97.4 Å². The summed E-state index contributed by atoms with van der Waals surface area (Å²) in [4.78, 5) is 34.9. The lowest BCUT2D eigenvalue weighted by Gasteiger charge is -2.43. The second-order valence-corrected chi connectivity index (χ2v) is 7.31. The molecule has 0 aliphatic carbocycles. The molecular weight excluding hydrogens is 507 g/mol. The zero-order chi connectivity index (χ0) is 20.8. The molecule has 28 heavy (non-hydrogen) atoms. The normalized spacial score (nSPS) is 26.8. The number of carbonyl (C=O) groups is 3. The predicted molar refractivity (Wildman–Crippen MR) is 106 cm³/mol. The second-order valence-electron chi connectivity index (χ2n) is 5.99. The molecule has 5 atom stereocenters. The molecular formula is C18H20ClIO8. The molecule has 1 aromatic carbocycles. The van der Waals surface area contributed by atoms with Crippen LogP contribution in [0.25, 0.3) is 0 Å². The molecule has 0 N–H and O–H groups in total. The third kappa shape index (κ3) is 6.21. The SMILES string of the molecule is CC(=O)O[C@@H]1[C@@H](OC(C)=O)[C@H](Oc2ccc(Cl)cc2)O[C@H](CI)[C@H]1OC(C)=O. The van der Waals surface area contributed by atoms with Gasteiger partial charge in [0.05, 0.1) is 0 Å². The molecule has 0 radical (unpaired) electrons. The molecule has 0 saturated carbocycles. The van der Waals surface area contributed by atoms with E-state index in [4.69, 9.17) is 35.3 Å². The fourth-order valence-electron chi connectivity index (χ4n) is 2.72. The number of ether oxygens (including phenoxy) is 5. The monoisotopic (exact) mass is 526 g/mol. The van der Waals surface area contributed by atoms with Crippen molar-refractivity contribution >= 4 is 52.1 Å². The van der Waals surface area contributed by atoms with Crippen LogP contribution in [0.3, 0.4) is 0 Å². The summed E-state index contributed by atoms with van der Waals surface area (Å²) in [6.07, 6.45) is -4.97. The third-order valence-electron chi connectivity index (χ3n) is 3.72. The van der Waals surface area contributed by atoms with Gasteiger partial charge in [0.25, 0.3) is 0 Å². The predicted octanol–water partition coefficient (Wildman–Crippen LogP) is 2.67. The molecule has 1 aliphatic rings. The van der Waals surface area contributed by atoms with E-state index >= 15 is 0 Å². The molecule has 2 rings (SSSR count). The summed E-state index contributed by atoms with van der Waals surface area (Å²) in [5.41, 5.74) is 0. The van der Waals surface area contributed by atoms with Gasteiger partial charge in [-0.1, -0.05) is 34.2 Å². The lowest BCUT2D eigenvalue weighted by Crippen LogP contribution is -2.63. The minimum Gasteiger partial charge on any atom is -0.461 e. The van der Waals surface area contributed by atoms with Gasteiger partial charge in [-0.3, -0.25) is 14.4 Å². The van der Waals surface area contributed by atoms with Crippen molar-refractivity contribution in [3.63, 3.8) is 0 Å². The first-order chi connectivity index (χ1) is 13.2. The van der Waals surface area contributed by atoms with Gasteiger partial charge in [0.2, 0.25) is 12.4 Å². The summed E-state index contributed by atoms with van der Waals surface area (Å²) < 4.78 is 28.1. The summed E-state index contributed by atoms with van der Waals surface area (Å²) in [5.74, 6) is -1.44. The number of halogens is 2. The summed E-state index contributed by atoms with van der Waals surface area (Å²) >= 11 is 7.94. The van der Waals surface area contributed by atoms with Crippen LogP contribution in [0.4, 0.5) is 0 Å². The number of carbonyl (C=O) groups excluding carboxylic acids is 3. The van der Waals surface area contributed by atoms with E-state index in [1.54, 1.807) is 24.3 Å². The lowest BCUT2D eigenvalue weighted by molar-refractivity contribution is -0.279. The first kappa shape index (κ1) is 22.7. The largest absolute Gasteiger partial charge is 0.461 e. The van der Waals surface area contributed by atoms with Gasteiger partial charge in [-0.05, 0) is 24.3 Å². The zero-order valence-corrected chi connectivity index (χ0v) is 18.3. The highest BCUT2D eigenvalue weighted by atomic mass is 127. The van der Waals surface area contributed by atoms with Crippen LogP contribution < -0.4 is 4.74 Å². The van der Waals surface area contributed by atoms with Crippen LogP contribution in [0, 0.1) is 0 Å². The first-order valence-corrected chi connectivity index (χ1v) is 10.3. The van der Waals surface area contributed by atoms with E-state index in [1.165, 1.54) is 20.8 Å². The minimum absolute atomic E-state index is 0.404. The Morgan fingerprint density at radius 2 is 1.43 bits per heavy atom. The van der Waals surface area contributed by atoms with Crippen LogP contribution in [0.1, 0.15) is 20.8 Å². The fraction of sp³-hybridized carbons (Fsp3) is 0.500. The van der Waals surface area contributed by atoms with Gasteiger partial charge in [0.15, 0.2) is 12.2 Å². The Kier molecular flexibility index (Phi) is 8.32. The molecule has 8 nitrogen and oxygen atoms in total. The summed E-state index contributed by atoms with van der Waals surface area (Å²) in [5, 5.41) is 0.520. The second kappa shape index (κ2) is 10.3. The lowest BCUT2D eigenvalue weighted by atomic mass is 9.99. The number of benzene rings is 1. The van der Waals surface area contributed by atoms with Gasteiger partial charge in [-0.2, -0.15) is 0 Å². The molecule has 154 valence electrons. The first-order valence-electron chi connectivity index (χ1n) is 8.36. The summed E-state index contributed by atoms with van der Waals surface area (Å²) in [6, 6.07) is 6.49. The van der Waals surface area contributed by atoms with Crippen LogP contribution >= 0.6 is 34.2 Å². The average molecular weight is 527 g/mol. The number of hydrogen-bond donors (Lipinski definition) is 0. The molecule has 0 aromatic heterocycles. The van der Waals surface area contributed by atoms with Gasteiger partial charge in [-0.25, -0.2) is 0 Å². The maximum Gasteiger partial charge on any atom is 0.303 e. The molecule has 1 saturated heterocycles. The number of hydrogen-bond acceptors (Lipinski definition) is 8. The van der Waals surface area contributed by atoms with E-state index in [0.29, 0.717) is 15.2 Å². The molecule has 0 unspecified atom stereocenters. The van der Waals surface area contributed by atoms with Crippen molar-refractivity contribution in [2.75, 3.05) is 4.43 Å². The van der Waals surface area contributed by atoms with Gasteiger partial charge < -0.3 is 23.7 Å². The van der Waals surface area contributed by atoms with Crippen molar-refractivity contribution < 1.29 is 38.1 Å². The van der Waals surface area contributed by atoms with E-state index in [1.807, 2.05) is 0 Å². The van der Waals surface area contributed by atoms with Crippen LogP contribution in [-0.4, -0.2) is 53.0 Å². The number of rotatable bonds is 6. The van der Waals surface area contributed by atoms with Gasteiger partial charge in [0, 0.05) is 30.2 Å². The smallest absolute Gasteiger partial charge is 0.303 e. The standard InChI is InChI=1S/C18H20ClIO8/c1-9(21)24-15-14(8-20)28-18(27-13-6-4-12(19)5-7-13)17(26-11(3)23)16(15)25-10(2)22/h4-7,14-18H,8H2,1-3H3/t14-,15-,16+,17-,18-/m1/s1.